The molecule has 0 saturated carbocycles. The van der Waals surface area contributed by atoms with E-state index in [0.717, 1.165) is 11.6 Å². The number of carbonyl (C=O) groups is 2. The summed E-state index contributed by atoms with van der Waals surface area (Å²) in [5, 5.41) is 2.65. The monoisotopic (exact) mass is 545 g/mol. The number of primary amides is 1. The van der Waals surface area contributed by atoms with Crippen LogP contribution < -0.4 is 20.7 Å². The maximum Gasteiger partial charge on any atom is 0.419 e. The zero-order valence-electron chi connectivity index (χ0n) is 20.8. The van der Waals surface area contributed by atoms with Crippen molar-refractivity contribution >= 4 is 17.6 Å². The smallest absolute Gasteiger partial charge is 0.419 e. The third-order valence-corrected chi connectivity index (χ3v) is 6.22. The fourth-order valence-electron chi connectivity index (χ4n) is 4.22. The van der Waals surface area contributed by atoms with E-state index in [4.69, 9.17) is 10.5 Å². The number of nitrogens with one attached hydrogen (secondary N) is 1. The summed E-state index contributed by atoms with van der Waals surface area (Å²) in [6.07, 6.45) is -3.04. The van der Waals surface area contributed by atoms with Crippen molar-refractivity contribution < 1.29 is 31.9 Å². The Kier molecular flexibility index (Phi) is 8.65. The Morgan fingerprint density at radius 2 is 1.59 bits per heavy atom. The number of anilines is 1. The van der Waals surface area contributed by atoms with Crippen LogP contribution >= 0.6 is 0 Å². The van der Waals surface area contributed by atoms with E-state index in [1.54, 1.807) is 34.1 Å². The quantitative estimate of drug-likeness (QED) is 0.400. The van der Waals surface area contributed by atoms with Gasteiger partial charge in [-0.15, -0.1) is 0 Å². The number of carbonyl (C=O) groups excluding carboxylic acids is 2. The molecule has 1 fully saturated rings. The lowest BCUT2D eigenvalue weighted by atomic mass is 10.1. The number of benzene rings is 2. The van der Waals surface area contributed by atoms with Crippen LogP contribution in [-0.4, -0.2) is 60.5 Å². The maximum absolute atomic E-state index is 13.3. The van der Waals surface area contributed by atoms with Crippen LogP contribution in [0.25, 0.3) is 0 Å². The molecule has 2 aromatic carbocycles. The van der Waals surface area contributed by atoms with Gasteiger partial charge in [0.15, 0.2) is 0 Å². The Bertz CT molecular complexity index is 1280. The highest BCUT2D eigenvalue weighted by atomic mass is 19.4. The molecule has 1 saturated heterocycles. The molecule has 8 nitrogen and oxygen atoms in total. The third-order valence-electron chi connectivity index (χ3n) is 6.22. The molecule has 1 unspecified atom stereocenters. The van der Waals surface area contributed by atoms with E-state index in [9.17, 15) is 27.2 Å². The number of hydrogen-bond acceptors (Lipinski definition) is 6. The van der Waals surface area contributed by atoms with Gasteiger partial charge in [-0.1, -0.05) is 12.1 Å². The number of rotatable bonds is 9. The van der Waals surface area contributed by atoms with E-state index in [1.165, 1.54) is 36.5 Å². The van der Waals surface area contributed by atoms with Crippen LogP contribution in [0, 0.1) is 5.82 Å². The molecule has 0 bridgehead atoms. The summed E-state index contributed by atoms with van der Waals surface area (Å²) in [5.74, 6) is -0.641. The van der Waals surface area contributed by atoms with Crippen molar-refractivity contribution in [3.63, 3.8) is 0 Å². The summed E-state index contributed by atoms with van der Waals surface area (Å²) in [6, 6.07) is 13.7. The van der Waals surface area contributed by atoms with Crippen LogP contribution in [0.15, 0.2) is 66.9 Å². The number of nitrogens with zero attached hydrogens (tertiary/aromatic N) is 3. The van der Waals surface area contributed by atoms with Crippen molar-refractivity contribution in [3.05, 3.63) is 83.8 Å². The number of ether oxygens (including phenoxy) is 1. The van der Waals surface area contributed by atoms with Crippen LogP contribution in [0.1, 0.15) is 11.1 Å². The van der Waals surface area contributed by atoms with Gasteiger partial charge < -0.3 is 20.7 Å². The highest BCUT2D eigenvalue weighted by Crippen LogP contribution is 2.35. The Labute approximate surface area is 222 Å². The van der Waals surface area contributed by atoms with Crippen LogP contribution in [0.2, 0.25) is 0 Å². The van der Waals surface area contributed by atoms with Gasteiger partial charge in [-0.3, -0.25) is 14.5 Å². The molecule has 0 aliphatic carbocycles. The number of halogens is 4. The number of nitrogens with two attached hydrogens (primary N) is 1. The van der Waals surface area contributed by atoms with Crippen LogP contribution in [0.3, 0.4) is 0 Å². The van der Waals surface area contributed by atoms with Crippen molar-refractivity contribution in [1.82, 2.24) is 15.2 Å². The molecule has 1 aliphatic heterocycles. The highest BCUT2D eigenvalue weighted by Gasteiger charge is 2.36. The molecular weight excluding hydrogens is 518 g/mol. The van der Waals surface area contributed by atoms with Gasteiger partial charge in [0, 0.05) is 38.8 Å². The maximum atomic E-state index is 13.3. The Hall–Kier alpha value is -4.19. The number of pyridine rings is 1. The van der Waals surface area contributed by atoms with Gasteiger partial charge in [0.05, 0.1) is 12.1 Å². The molecule has 2 amide bonds. The first-order valence-corrected chi connectivity index (χ1v) is 12.2. The van der Waals surface area contributed by atoms with Gasteiger partial charge in [-0.25, -0.2) is 9.37 Å². The normalized spacial score (nSPS) is 15.0. The van der Waals surface area contributed by atoms with Gasteiger partial charge >= 0.3 is 6.18 Å². The van der Waals surface area contributed by atoms with Gasteiger partial charge in [0.25, 0.3) is 0 Å². The fraction of sp³-hybridized carbons (Fsp3) is 0.296. The van der Waals surface area contributed by atoms with Gasteiger partial charge in [-0.2, -0.15) is 13.2 Å². The molecule has 39 heavy (non-hydrogen) atoms. The summed E-state index contributed by atoms with van der Waals surface area (Å²) in [5.41, 5.74) is 5.45. The molecule has 1 aromatic heterocycles. The Morgan fingerprint density at radius 1 is 0.974 bits per heavy atom. The van der Waals surface area contributed by atoms with Crippen LogP contribution in [0.5, 0.6) is 11.5 Å². The first-order valence-electron chi connectivity index (χ1n) is 12.2. The highest BCUT2D eigenvalue weighted by molar-refractivity contribution is 5.87. The van der Waals surface area contributed by atoms with Crippen molar-refractivity contribution in [2.75, 3.05) is 37.6 Å². The minimum absolute atomic E-state index is 0.0313. The van der Waals surface area contributed by atoms with E-state index >= 15 is 0 Å². The van der Waals surface area contributed by atoms with E-state index < -0.39 is 29.6 Å². The van der Waals surface area contributed by atoms with E-state index in [0.29, 0.717) is 24.6 Å². The molecule has 0 radical (unpaired) electrons. The van der Waals surface area contributed by atoms with Gasteiger partial charge in [0.2, 0.25) is 11.8 Å². The molecule has 1 aliphatic rings. The first kappa shape index (κ1) is 27.8. The zero-order valence-corrected chi connectivity index (χ0v) is 20.8. The molecular formula is C27H27F4N5O3. The van der Waals surface area contributed by atoms with Gasteiger partial charge in [-0.05, 0) is 54.1 Å². The lowest BCUT2D eigenvalue weighted by Crippen LogP contribution is -2.53. The van der Waals surface area contributed by atoms with Crippen molar-refractivity contribution in [3.8, 4) is 11.5 Å². The second kappa shape index (κ2) is 12.1. The average molecular weight is 546 g/mol. The summed E-state index contributed by atoms with van der Waals surface area (Å²) in [4.78, 5) is 31.9. The lowest BCUT2D eigenvalue weighted by molar-refractivity contribution is -0.137. The van der Waals surface area contributed by atoms with E-state index in [1.807, 2.05) is 0 Å². The predicted molar refractivity (Wildman–Crippen MR) is 136 cm³/mol. The van der Waals surface area contributed by atoms with Gasteiger partial charge in [0.1, 0.15) is 29.2 Å². The van der Waals surface area contributed by atoms with E-state index in [2.05, 4.69) is 10.3 Å². The molecule has 3 N–H and O–H groups in total. The molecule has 206 valence electrons. The van der Waals surface area contributed by atoms with Crippen molar-refractivity contribution in [2.24, 2.45) is 5.73 Å². The number of aromatic nitrogens is 1. The number of piperazine rings is 1. The molecule has 0 spiro atoms. The second-order valence-electron chi connectivity index (χ2n) is 9.06. The Morgan fingerprint density at radius 3 is 2.18 bits per heavy atom. The number of hydrogen-bond donors (Lipinski definition) is 2. The SMILES string of the molecule is NC(=O)C(Cc1ccc(Oc2ccc(F)cc2)cc1)NC(=O)CN1CCN(c2ncccc2C(F)(F)F)CC1. The van der Waals surface area contributed by atoms with Crippen molar-refractivity contribution in [1.29, 1.82) is 0 Å². The standard InChI is InChI=1S/C27H27F4N5O3/c28-19-5-9-21(10-6-19)39-20-7-3-18(4-8-20)16-23(25(32)38)34-24(37)17-35-12-14-36(15-13-35)26-22(27(29,30)31)2-1-11-33-26/h1-11,23H,12-17H2,(H2,32,38)(H,34,37). The fourth-order valence-corrected chi connectivity index (χ4v) is 4.22. The van der Waals surface area contributed by atoms with E-state index in [-0.39, 0.29) is 37.7 Å². The average Bonchev–Trinajstić information content (AvgIpc) is 2.90. The largest absolute Gasteiger partial charge is 0.457 e. The minimum Gasteiger partial charge on any atom is -0.457 e. The molecule has 3 aromatic rings. The molecule has 4 rings (SSSR count). The molecule has 2 heterocycles. The topological polar surface area (TPSA) is 101 Å². The summed E-state index contributed by atoms with van der Waals surface area (Å²) < 4.78 is 58.7. The summed E-state index contributed by atoms with van der Waals surface area (Å²) in [7, 11) is 0. The van der Waals surface area contributed by atoms with Crippen LogP contribution in [0.4, 0.5) is 23.4 Å². The predicted octanol–water partition coefficient (Wildman–Crippen LogP) is 3.37. The lowest BCUT2D eigenvalue weighted by Gasteiger charge is -2.36. The second-order valence-corrected chi connectivity index (χ2v) is 9.06. The van der Waals surface area contributed by atoms with Crippen LogP contribution in [-0.2, 0) is 22.2 Å². The summed E-state index contributed by atoms with van der Waals surface area (Å²) in [6.45, 7) is 1.18. The summed E-state index contributed by atoms with van der Waals surface area (Å²) >= 11 is 0. The number of amides is 2. The molecule has 12 heteroatoms. The minimum atomic E-state index is -4.51. The zero-order chi connectivity index (χ0) is 28.0. The third kappa shape index (κ3) is 7.66. The first-order chi connectivity index (χ1) is 18.6. The molecule has 1 atom stereocenters. The number of alkyl halides is 3. The van der Waals surface area contributed by atoms with Crippen molar-refractivity contribution in [2.45, 2.75) is 18.6 Å². The Balaban J connectivity index is 1.28.